The van der Waals surface area contributed by atoms with Crippen LogP contribution in [0.3, 0.4) is 0 Å². The summed E-state index contributed by atoms with van der Waals surface area (Å²) in [5.74, 6) is -0.242. The zero-order valence-corrected chi connectivity index (χ0v) is 13.8. The van der Waals surface area contributed by atoms with E-state index in [0.717, 1.165) is 16.8 Å². The highest BCUT2D eigenvalue weighted by molar-refractivity contribution is 6.21. The molecule has 2 aromatic rings. The van der Waals surface area contributed by atoms with Crippen molar-refractivity contribution >= 4 is 11.5 Å². The van der Waals surface area contributed by atoms with E-state index in [9.17, 15) is 10.1 Å². The number of amides is 1. The number of hydrazine groups is 1. The number of nitrogens with zero attached hydrogens (tertiary/aromatic N) is 2. The van der Waals surface area contributed by atoms with Crippen LogP contribution >= 0.6 is 0 Å². The van der Waals surface area contributed by atoms with Gasteiger partial charge in [-0.15, -0.1) is 0 Å². The SMILES string of the molecule is CC1=C(c2ccccc2)C(=O)N2NC(C#N)C(c3ccccc3)C2N1. The Morgan fingerprint density at radius 3 is 2.32 bits per heavy atom. The first-order valence-corrected chi connectivity index (χ1v) is 8.28. The van der Waals surface area contributed by atoms with Gasteiger partial charge in [0.2, 0.25) is 0 Å². The van der Waals surface area contributed by atoms with Crippen molar-refractivity contribution in [2.45, 2.75) is 25.0 Å². The van der Waals surface area contributed by atoms with E-state index < -0.39 is 6.04 Å². The molecule has 5 heteroatoms. The van der Waals surface area contributed by atoms with Gasteiger partial charge in [0.05, 0.1) is 17.6 Å². The molecule has 3 unspecified atom stereocenters. The summed E-state index contributed by atoms with van der Waals surface area (Å²) in [6, 6.07) is 21.3. The normalized spacial score (nSPS) is 25.4. The van der Waals surface area contributed by atoms with Crippen LogP contribution in [0.25, 0.3) is 5.57 Å². The fraction of sp³-hybridized carbons (Fsp3) is 0.200. The molecule has 5 nitrogen and oxygen atoms in total. The van der Waals surface area contributed by atoms with Crippen molar-refractivity contribution < 1.29 is 4.79 Å². The summed E-state index contributed by atoms with van der Waals surface area (Å²) in [7, 11) is 0. The Kier molecular flexibility index (Phi) is 3.75. The van der Waals surface area contributed by atoms with E-state index in [1.54, 1.807) is 5.01 Å². The van der Waals surface area contributed by atoms with Crippen molar-refractivity contribution in [2.75, 3.05) is 0 Å². The van der Waals surface area contributed by atoms with Crippen LogP contribution in [0.5, 0.6) is 0 Å². The number of fused-ring (bicyclic) bond motifs is 1. The van der Waals surface area contributed by atoms with Gasteiger partial charge in [-0.3, -0.25) is 4.79 Å². The fourth-order valence-electron chi connectivity index (χ4n) is 3.67. The van der Waals surface area contributed by atoms with Gasteiger partial charge in [0, 0.05) is 5.70 Å². The summed E-state index contributed by atoms with van der Waals surface area (Å²) in [4.78, 5) is 13.1. The largest absolute Gasteiger partial charge is 0.366 e. The lowest BCUT2D eigenvalue weighted by molar-refractivity contribution is -0.130. The maximum absolute atomic E-state index is 13.1. The van der Waals surface area contributed by atoms with Crippen LogP contribution < -0.4 is 10.7 Å². The number of nitrogens with one attached hydrogen (secondary N) is 2. The van der Waals surface area contributed by atoms with Crippen LogP contribution in [-0.4, -0.2) is 23.1 Å². The molecule has 1 fully saturated rings. The first-order valence-electron chi connectivity index (χ1n) is 8.28. The number of hydrogen-bond donors (Lipinski definition) is 2. The van der Waals surface area contributed by atoms with Gasteiger partial charge in [-0.25, -0.2) is 10.4 Å². The van der Waals surface area contributed by atoms with Gasteiger partial charge in [0.15, 0.2) is 0 Å². The van der Waals surface area contributed by atoms with E-state index in [4.69, 9.17) is 0 Å². The van der Waals surface area contributed by atoms with Crippen molar-refractivity contribution in [2.24, 2.45) is 0 Å². The Morgan fingerprint density at radius 1 is 1.04 bits per heavy atom. The molecule has 0 saturated carbocycles. The summed E-state index contributed by atoms with van der Waals surface area (Å²) in [6.07, 6.45) is -0.285. The van der Waals surface area contributed by atoms with Gasteiger partial charge in [0.1, 0.15) is 12.2 Å². The van der Waals surface area contributed by atoms with Gasteiger partial charge in [-0.2, -0.15) is 5.26 Å². The maximum atomic E-state index is 13.1. The predicted octanol–water partition coefficient (Wildman–Crippen LogP) is 2.37. The molecule has 2 N–H and O–H groups in total. The van der Waals surface area contributed by atoms with Gasteiger partial charge in [-0.05, 0) is 18.1 Å². The minimum Gasteiger partial charge on any atom is -0.366 e. The topological polar surface area (TPSA) is 68.2 Å². The van der Waals surface area contributed by atoms with Crippen molar-refractivity contribution in [3.05, 3.63) is 77.5 Å². The summed E-state index contributed by atoms with van der Waals surface area (Å²) >= 11 is 0. The lowest BCUT2D eigenvalue weighted by Gasteiger charge is -2.35. The monoisotopic (exact) mass is 330 g/mol. The maximum Gasteiger partial charge on any atom is 0.272 e. The molecule has 0 radical (unpaired) electrons. The highest BCUT2D eigenvalue weighted by Gasteiger charge is 2.48. The number of allylic oxidation sites excluding steroid dienone is 1. The summed E-state index contributed by atoms with van der Waals surface area (Å²) in [6.45, 7) is 1.92. The Bertz CT molecular complexity index is 870. The number of rotatable bonds is 2. The van der Waals surface area contributed by atoms with Gasteiger partial charge >= 0.3 is 0 Å². The van der Waals surface area contributed by atoms with E-state index in [2.05, 4.69) is 16.8 Å². The number of carbonyl (C=O) groups excluding carboxylic acids is 1. The number of hydrogen-bond acceptors (Lipinski definition) is 4. The summed E-state index contributed by atoms with van der Waals surface area (Å²) in [5.41, 5.74) is 6.46. The van der Waals surface area contributed by atoms with Crippen LogP contribution in [0.2, 0.25) is 0 Å². The molecule has 2 aromatic carbocycles. The third-order valence-electron chi connectivity index (χ3n) is 4.81. The van der Waals surface area contributed by atoms with Crippen LogP contribution in [-0.2, 0) is 4.79 Å². The lowest BCUT2D eigenvalue weighted by Crippen LogP contribution is -2.54. The van der Waals surface area contributed by atoms with Crippen LogP contribution in [0.15, 0.2) is 66.4 Å². The molecular formula is C20H18N4O. The van der Waals surface area contributed by atoms with Crippen LogP contribution in [0.1, 0.15) is 24.0 Å². The van der Waals surface area contributed by atoms with Crippen molar-refractivity contribution in [3.8, 4) is 6.07 Å². The fourth-order valence-corrected chi connectivity index (χ4v) is 3.67. The van der Waals surface area contributed by atoms with Crippen LogP contribution in [0.4, 0.5) is 0 Å². The standard InChI is InChI=1S/C20H18N4O/c1-13-17(14-8-4-2-5-9-14)20(25)24-19(22-13)18(16(12-21)23-24)15-10-6-3-7-11-15/h2-11,16,18-19,22-23H,1H3. The third kappa shape index (κ3) is 2.48. The highest BCUT2D eigenvalue weighted by atomic mass is 16.2. The quantitative estimate of drug-likeness (QED) is 0.887. The lowest BCUT2D eigenvalue weighted by atomic mass is 9.89. The van der Waals surface area contributed by atoms with Crippen molar-refractivity contribution in [3.63, 3.8) is 0 Å². The van der Waals surface area contributed by atoms with E-state index in [-0.39, 0.29) is 18.0 Å². The highest BCUT2D eigenvalue weighted by Crippen LogP contribution is 2.36. The Balaban J connectivity index is 1.75. The molecule has 2 heterocycles. The van der Waals surface area contributed by atoms with Crippen molar-refractivity contribution in [1.29, 1.82) is 5.26 Å². The number of carbonyl (C=O) groups is 1. The minimum absolute atomic E-state index is 0.105. The second-order valence-corrected chi connectivity index (χ2v) is 6.30. The van der Waals surface area contributed by atoms with Gasteiger partial charge in [0.25, 0.3) is 5.91 Å². The van der Waals surface area contributed by atoms with E-state index in [0.29, 0.717) is 5.57 Å². The molecule has 3 atom stereocenters. The molecule has 1 saturated heterocycles. The van der Waals surface area contributed by atoms with E-state index in [1.807, 2.05) is 67.6 Å². The molecule has 0 aromatic heterocycles. The average molecular weight is 330 g/mol. The average Bonchev–Trinajstić information content (AvgIpc) is 3.02. The Morgan fingerprint density at radius 2 is 1.68 bits per heavy atom. The number of benzene rings is 2. The predicted molar refractivity (Wildman–Crippen MR) is 94.5 cm³/mol. The van der Waals surface area contributed by atoms with Crippen LogP contribution in [0, 0.1) is 11.3 Å². The second kappa shape index (κ2) is 6.08. The first kappa shape index (κ1) is 15.4. The summed E-state index contributed by atoms with van der Waals surface area (Å²) < 4.78 is 0. The molecule has 0 spiro atoms. The molecule has 0 bridgehead atoms. The molecule has 25 heavy (non-hydrogen) atoms. The van der Waals surface area contributed by atoms with Gasteiger partial charge < -0.3 is 5.32 Å². The molecular weight excluding hydrogens is 312 g/mol. The molecule has 2 aliphatic heterocycles. The Hall–Kier alpha value is -3.10. The molecule has 1 amide bonds. The third-order valence-corrected chi connectivity index (χ3v) is 4.81. The van der Waals surface area contributed by atoms with Gasteiger partial charge in [-0.1, -0.05) is 60.7 Å². The minimum atomic E-state index is -0.466. The zero-order chi connectivity index (χ0) is 17.4. The molecule has 2 aliphatic rings. The first-order chi connectivity index (χ1) is 12.2. The Labute approximate surface area is 146 Å². The molecule has 4 rings (SSSR count). The zero-order valence-electron chi connectivity index (χ0n) is 13.8. The van der Waals surface area contributed by atoms with E-state index in [1.165, 1.54) is 0 Å². The number of nitriles is 1. The second-order valence-electron chi connectivity index (χ2n) is 6.30. The molecule has 124 valence electrons. The van der Waals surface area contributed by atoms with Crippen molar-refractivity contribution in [1.82, 2.24) is 15.8 Å². The summed E-state index contributed by atoms with van der Waals surface area (Å²) in [5, 5.41) is 14.6. The van der Waals surface area contributed by atoms with E-state index >= 15 is 0 Å². The molecule has 0 aliphatic carbocycles. The smallest absolute Gasteiger partial charge is 0.272 e.